The Balaban J connectivity index is 2.26. The molecule has 3 aromatic carbocycles. The lowest BCUT2D eigenvalue weighted by molar-refractivity contribution is -0.131. The largest absolute Gasteiger partial charge is 0.507 e. The van der Waals surface area contributed by atoms with Gasteiger partial charge in [0, 0.05) is 22.8 Å². The number of ether oxygens (including phenoxy) is 1. The Kier molecular flexibility index (Phi) is 7.21. The summed E-state index contributed by atoms with van der Waals surface area (Å²) in [6.07, 6.45) is 2.61. The molecule has 0 aromatic heterocycles. The minimum atomic E-state index is -1.02. The number of phenols is 1. The number of aliphatic carboxylic acids is 1. The van der Waals surface area contributed by atoms with E-state index in [1.807, 2.05) is 36.4 Å². The highest BCUT2D eigenvalue weighted by Crippen LogP contribution is 2.47. The molecule has 4 heteroatoms. The molecule has 178 valence electrons. The third-order valence-corrected chi connectivity index (χ3v) is 5.67. The molecule has 0 aliphatic carbocycles. The summed E-state index contributed by atoms with van der Waals surface area (Å²) in [5.74, 6) is -0.176. The second-order valence-corrected chi connectivity index (χ2v) is 10.6. The topological polar surface area (TPSA) is 66.8 Å². The number of phenolic OH excluding ortho intramolecular Hbond substituents is 1. The van der Waals surface area contributed by atoms with Gasteiger partial charge in [-0.1, -0.05) is 90.1 Å². The molecule has 0 heterocycles. The Bertz CT molecular complexity index is 1190. The van der Waals surface area contributed by atoms with E-state index < -0.39 is 5.97 Å². The maximum atomic E-state index is 11.0. The van der Waals surface area contributed by atoms with Crippen LogP contribution < -0.4 is 4.74 Å². The van der Waals surface area contributed by atoms with Gasteiger partial charge in [0.05, 0.1) is 0 Å². The minimum absolute atomic E-state index is 0.111. The van der Waals surface area contributed by atoms with Crippen LogP contribution in [-0.2, 0) is 22.2 Å². The molecule has 0 bridgehead atoms. The van der Waals surface area contributed by atoms with E-state index in [0.29, 0.717) is 17.7 Å². The normalized spacial score (nSPS) is 12.2. The molecule has 34 heavy (non-hydrogen) atoms. The number of carboxylic acids is 1. The molecule has 0 saturated carbocycles. The molecule has 0 spiro atoms. The molecule has 0 atom stereocenters. The van der Waals surface area contributed by atoms with Crippen molar-refractivity contribution in [1.29, 1.82) is 0 Å². The van der Waals surface area contributed by atoms with E-state index in [9.17, 15) is 9.90 Å². The van der Waals surface area contributed by atoms with Crippen LogP contribution >= 0.6 is 0 Å². The van der Waals surface area contributed by atoms with Gasteiger partial charge in [0.15, 0.2) is 0 Å². The van der Waals surface area contributed by atoms with Gasteiger partial charge in [-0.3, -0.25) is 0 Å². The van der Waals surface area contributed by atoms with Crippen LogP contribution in [-0.4, -0.2) is 16.2 Å². The molecular formula is C30H34O4. The lowest BCUT2D eigenvalue weighted by atomic mass is 9.73. The number of carbonyl (C=O) groups is 1. The molecule has 4 nitrogen and oxygen atoms in total. The van der Waals surface area contributed by atoms with Crippen molar-refractivity contribution in [3.8, 4) is 22.6 Å². The minimum Gasteiger partial charge on any atom is -0.507 e. The van der Waals surface area contributed by atoms with Gasteiger partial charge < -0.3 is 14.9 Å². The lowest BCUT2D eigenvalue weighted by Gasteiger charge is -2.33. The summed E-state index contributed by atoms with van der Waals surface area (Å²) < 4.78 is 6.54. The third kappa shape index (κ3) is 5.88. The van der Waals surface area contributed by atoms with Crippen molar-refractivity contribution in [2.24, 2.45) is 0 Å². The van der Waals surface area contributed by atoms with Gasteiger partial charge in [-0.15, -0.1) is 0 Å². The number of hydrogen-bond donors (Lipinski definition) is 2. The number of rotatable bonds is 6. The van der Waals surface area contributed by atoms with E-state index in [-0.39, 0.29) is 16.6 Å². The maximum Gasteiger partial charge on any atom is 0.328 e. The fourth-order valence-electron chi connectivity index (χ4n) is 4.08. The first-order valence-electron chi connectivity index (χ1n) is 11.5. The van der Waals surface area contributed by atoms with E-state index in [2.05, 4.69) is 47.6 Å². The number of carboxylic acid groups (broad SMARTS) is 1. The van der Waals surface area contributed by atoms with E-state index in [0.717, 1.165) is 28.5 Å². The van der Waals surface area contributed by atoms with Crippen LogP contribution in [0.3, 0.4) is 0 Å². The Hall–Kier alpha value is -3.53. The summed E-state index contributed by atoms with van der Waals surface area (Å²) in [6, 6.07) is 19.2. The first-order chi connectivity index (χ1) is 15.9. The number of aromatic hydroxyl groups is 1. The van der Waals surface area contributed by atoms with Gasteiger partial charge in [-0.05, 0) is 45.7 Å². The van der Waals surface area contributed by atoms with Crippen molar-refractivity contribution < 1.29 is 19.7 Å². The van der Waals surface area contributed by atoms with Gasteiger partial charge in [-0.25, -0.2) is 4.79 Å². The Morgan fingerprint density at radius 1 is 0.882 bits per heavy atom. The molecule has 0 saturated heterocycles. The summed E-state index contributed by atoms with van der Waals surface area (Å²) in [5, 5.41) is 19.8. The van der Waals surface area contributed by atoms with Crippen LogP contribution in [0.25, 0.3) is 17.2 Å². The molecule has 0 amide bonds. The molecule has 3 rings (SSSR count). The first kappa shape index (κ1) is 25.1. The van der Waals surface area contributed by atoms with Crippen LogP contribution in [0.5, 0.6) is 11.5 Å². The lowest BCUT2D eigenvalue weighted by Crippen LogP contribution is -2.23. The SMILES string of the molecule is CC(C)(C)c1ccc(-c2cc(C=CC(=O)O)ccc2O)c(OCc2ccccc2)c1C(C)(C)C. The van der Waals surface area contributed by atoms with Crippen LogP contribution in [0.2, 0.25) is 0 Å². The second-order valence-electron chi connectivity index (χ2n) is 10.6. The second kappa shape index (κ2) is 9.76. The molecule has 0 unspecified atom stereocenters. The van der Waals surface area contributed by atoms with Crippen LogP contribution in [0.1, 0.15) is 63.8 Å². The van der Waals surface area contributed by atoms with Gasteiger partial charge in [0.2, 0.25) is 0 Å². The maximum absolute atomic E-state index is 11.0. The fourth-order valence-corrected chi connectivity index (χ4v) is 4.08. The average molecular weight is 459 g/mol. The van der Waals surface area contributed by atoms with Gasteiger partial charge in [0.25, 0.3) is 0 Å². The fraction of sp³-hybridized carbons (Fsp3) is 0.300. The van der Waals surface area contributed by atoms with Crippen LogP contribution in [0.4, 0.5) is 0 Å². The predicted molar refractivity (Wildman–Crippen MR) is 138 cm³/mol. The standard InChI is InChI=1S/C30H34O4/c1-29(2,3)24-15-14-22(23-18-20(12-16-25(23)31)13-17-26(32)33)28(27(24)30(4,5)6)34-19-21-10-8-7-9-11-21/h7-18,31H,19H2,1-6H3,(H,32,33). The highest BCUT2D eigenvalue weighted by molar-refractivity contribution is 5.86. The van der Waals surface area contributed by atoms with E-state index >= 15 is 0 Å². The molecular weight excluding hydrogens is 424 g/mol. The monoisotopic (exact) mass is 458 g/mol. The Morgan fingerprint density at radius 3 is 2.15 bits per heavy atom. The Morgan fingerprint density at radius 2 is 1.56 bits per heavy atom. The third-order valence-electron chi connectivity index (χ3n) is 5.67. The van der Waals surface area contributed by atoms with E-state index in [1.54, 1.807) is 18.2 Å². The van der Waals surface area contributed by atoms with Gasteiger partial charge in [0.1, 0.15) is 18.1 Å². The average Bonchev–Trinajstić information content (AvgIpc) is 2.76. The Labute approximate surface area is 202 Å². The molecule has 2 N–H and O–H groups in total. The molecule has 0 aliphatic heterocycles. The van der Waals surface area contributed by atoms with E-state index in [1.165, 1.54) is 11.6 Å². The summed E-state index contributed by atoms with van der Waals surface area (Å²) in [4.78, 5) is 11.0. The van der Waals surface area contributed by atoms with Crippen molar-refractivity contribution in [3.05, 3.63) is 89.0 Å². The quantitative estimate of drug-likeness (QED) is 0.380. The zero-order valence-electron chi connectivity index (χ0n) is 20.8. The van der Waals surface area contributed by atoms with Crippen molar-refractivity contribution in [2.75, 3.05) is 0 Å². The van der Waals surface area contributed by atoms with Crippen LogP contribution in [0.15, 0.2) is 66.7 Å². The molecule has 0 fully saturated rings. The van der Waals surface area contributed by atoms with Crippen molar-refractivity contribution in [2.45, 2.75) is 59.0 Å². The number of hydrogen-bond acceptors (Lipinski definition) is 3. The summed E-state index contributed by atoms with van der Waals surface area (Å²) in [5.41, 5.74) is 5.06. The highest BCUT2D eigenvalue weighted by atomic mass is 16.5. The van der Waals surface area contributed by atoms with Gasteiger partial charge >= 0.3 is 5.97 Å². The molecule has 0 aliphatic rings. The van der Waals surface area contributed by atoms with Crippen molar-refractivity contribution >= 4 is 12.0 Å². The highest BCUT2D eigenvalue weighted by Gasteiger charge is 2.31. The zero-order valence-corrected chi connectivity index (χ0v) is 20.8. The first-order valence-corrected chi connectivity index (χ1v) is 11.5. The number of benzene rings is 3. The zero-order chi connectivity index (χ0) is 25.1. The summed E-state index contributed by atoms with van der Waals surface area (Å²) in [7, 11) is 0. The predicted octanol–water partition coefficient (Wildman–Crippen LogP) is 7.33. The van der Waals surface area contributed by atoms with E-state index in [4.69, 9.17) is 9.84 Å². The molecule has 0 radical (unpaired) electrons. The summed E-state index contributed by atoms with van der Waals surface area (Å²) in [6.45, 7) is 13.5. The smallest absolute Gasteiger partial charge is 0.328 e. The van der Waals surface area contributed by atoms with Gasteiger partial charge in [-0.2, -0.15) is 0 Å². The van der Waals surface area contributed by atoms with Crippen molar-refractivity contribution in [3.63, 3.8) is 0 Å². The van der Waals surface area contributed by atoms with Crippen LogP contribution in [0, 0.1) is 0 Å². The van der Waals surface area contributed by atoms with Crippen molar-refractivity contribution in [1.82, 2.24) is 0 Å². The molecule has 3 aromatic rings. The summed E-state index contributed by atoms with van der Waals surface area (Å²) >= 11 is 0.